The summed E-state index contributed by atoms with van der Waals surface area (Å²) in [6, 6.07) is 5.13. The van der Waals surface area contributed by atoms with Crippen LogP contribution in [0, 0.1) is 6.92 Å². The van der Waals surface area contributed by atoms with E-state index in [0.29, 0.717) is 5.69 Å². The van der Waals surface area contributed by atoms with Crippen LogP contribution in [0.25, 0.3) is 0 Å². The standard InChI is InChI=1S/C15H17BrN4O5/c1-4-25-15(23)12(20-24)9(3)18-19-14(22)13(21)17-11-6-5-10(16)7-8(11)2/h5-7,24H,4H2,1-3H3,(H,17,21)(H,19,22)/b18-9+,20-12-. The molecule has 25 heavy (non-hydrogen) atoms. The number of halogens is 1. The smallest absolute Gasteiger partial charge is 0.362 e. The van der Waals surface area contributed by atoms with Crippen LogP contribution in [0.3, 0.4) is 0 Å². The van der Waals surface area contributed by atoms with Crippen molar-refractivity contribution in [2.24, 2.45) is 10.3 Å². The molecule has 134 valence electrons. The van der Waals surface area contributed by atoms with Gasteiger partial charge in [-0.1, -0.05) is 21.1 Å². The number of aryl methyl sites for hydroxylation is 1. The summed E-state index contributed by atoms with van der Waals surface area (Å²) in [5.74, 6) is -2.90. The van der Waals surface area contributed by atoms with Gasteiger partial charge in [0.1, 0.15) is 0 Å². The third-order valence-corrected chi connectivity index (χ3v) is 3.37. The summed E-state index contributed by atoms with van der Waals surface area (Å²) in [7, 11) is 0. The van der Waals surface area contributed by atoms with Gasteiger partial charge in [0.15, 0.2) is 0 Å². The van der Waals surface area contributed by atoms with E-state index < -0.39 is 23.5 Å². The Balaban J connectivity index is 2.74. The van der Waals surface area contributed by atoms with E-state index in [1.54, 1.807) is 32.0 Å². The quantitative estimate of drug-likeness (QED) is 0.222. The summed E-state index contributed by atoms with van der Waals surface area (Å²) in [5, 5.41) is 17.6. The van der Waals surface area contributed by atoms with Gasteiger partial charge >= 0.3 is 17.8 Å². The molecular weight excluding hydrogens is 396 g/mol. The highest BCUT2D eigenvalue weighted by atomic mass is 79.9. The van der Waals surface area contributed by atoms with Gasteiger partial charge < -0.3 is 15.3 Å². The van der Waals surface area contributed by atoms with Gasteiger partial charge in [0.2, 0.25) is 5.71 Å². The number of hydrogen-bond acceptors (Lipinski definition) is 7. The van der Waals surface area contributed by atoms with E-state index in [4.69, 9.17) is 5.21 Å². The SMILES string of the molecule is CCOC(=O)C(=N\O)/C(C)=N/NC(=O)C(=O)Nc1ccc(Br)cc1C. The van der Waals surface area contributed by atoms with Gasteiger partial charge in [-0.25, -0.2) is 10.2 Å². The Morgan fingerprint density at radius 1 is 1.28 bits per heavy atom. The normalized spacial score (nSPS) is 11.7. The lowest BCUT2D eigenvalue weighted by molar-refractivity contribution is -0.136. The molecule has 3 N–H and O–H groups in total. The van der Waals surface area contributed by atoms with Crippen LogP contribution >= 0.6 is 15.9 Å². The molecule has 0 unspecified atom stereocenters. The predicted molar refractivity (Wildman–Crippen MR) is 94.6 cm³/mol. The van der Waals surface area contributed by atoms with Gasteiger partial charge in [-0.15, -0.1) is 0 Å². The summed E-state index contributed by atoms with van der Waals surface area (Å²) in [6.45, 7) is 4.73. The molecule has 2 amide bonds. The van der Waals surface area contributed by atoms with Gasteiger partial charge in [0.05, 0.1) is 12.3 Å². The molecule has 0 saturated heterocycles. The van der Waals surface area contributed by atoms with Crippen LogP contribution in [-0.4, -0.2) is 41.0 Å². The summed E-state index contributed by atoms with van der Waals surface area (Å²) < 4.78 is 5.50. The van der Waals surface area contributed by atoms with Gasteiger partial charge in [0.25, 0.3) is 0 Å². The number of ether oxygens (including phenoxy) is 1. The van der Waals surface area contributed by atoms with Gasteiger partial charge in [0, 0.05) is 10.2 Å². The molecule has 0 aliphatic carbocycles. The molecule has 10 heteroatoms. The van der Waals surface area contributed by atoms with E-state index in [-0.39, 0.29) is 12.3 Å². The zero-order valence-corrected chi connectivity index (χ0v) is 15.4. The Morgan fingerprint density at radius 3 is 2.52 bits per heavy atom. The highest BCUT2D eigenvalue weighted by Gasteiger charge is 2.19. The minimum Gasteiger partial charge on any atom is -0.461 e. The molecule has 0 atom stereocenters. The van der Waals surface area contributed by atoms with Crippen LogP contribution in [0.5, 0.6) is 0 Å². The van der Waals surface area contributed by atoms with E-state index in [1.807, 2.05) is 5.43 Å². The summed E-state index contributed by atoms with van der Waals surface area (Å²) in [4.78, 5) is 35.2. The molecule has 0 bridgehead atoms. The number of benzene rings is 1. The third-order valence-electron chi connectivity index (χ3n) is 2.88. The molecule has 0 spiro atoms. The number of nitrogens with zero attached hydrogens (tertiary/aromatic N) is 2. The molecule has 0 saturated carbocycles. The van der Waals surface area contributed by atoms with Crippen molar-refractivity contribution in [2.45, 2.75) is 20.8 Å². The molecule has 0 aliphatic heterocycles. The Morgan fingerprint density at radius 2 is 1.96 bits per heavy atom. The summed E-state index contributed by atoms with van der Waals surface area (Å²) >= 11 is 3.30. The fourth-order valence-electron chi connectivity index (χ4n) is 1.65. The van der Waals surface area contributed by atoms with Gasteiger partial charge in [-0.3, -0.25) is 9.59 Å². The topological polar surface area (TPSA) is 129 Å². The average Bonchev–Trinajstić information content (AvgIpc) is 2.56. The van der Waals surface area contributed by atoms with Crippen LogP contribution in [0.4, 0.5) is 5.69 Å². The molecule has 1 aromatic carbocycles. The van der Waals surface area contributed by atoms with Crippen molar-refractivity contribution in [2.75, 3.05) is 11.9 Å². The number of carbonyl (C=O) groups excluding carboxylic acids is 3. The lowest BCUT2D eigenvalue weighted by Gasteiger charge is -2.08. The number of oxime groups is 1. The number of esters is 1. The number of amides is 2. The first-order valence-corrected chi connectivity index (χ1v) is 7.90. The molecule has 1 rings (SSSR count). The van der Waals surface area contributed by atoms with Crippen molar-refractivity contribution in [3.63, 3.8) is 0 Å². The van der Waals surface area contributed by atoms with Crippen LogP contribution in [0.1, 0.15) is 19.4 Å². The number of hydrazone groups is 1. The molecule has 1 aromatic rings. The zero-order valence-electron chi connectivity index (χ0n) is 13.8. The Kier molecular flexibility index (Phi) is 7.73. The molecule has 0 aromatic heterocycles. The van der Waals surface area contributed by atoms with E-state index in [1.165, 1.54) is 6.92 Å². The first-order chi connectivity index (χ1) is 11.8. The van der Waals surface area contributed by atoms with Crippen molar-refractivity contribution in [1.29, 1.82) is 0 Å². The van der Waals surface area contributed by atoms with E-state index in [2.05, 4.69) is 36.2 Å². The fourth-order valence-corrected chi connectivity index (χ4v) is 2.12. The van der Waals surface area contributed by atoms with Crippen molar-refractivity contribution < 1.29 is 24.3 Å². The fraction of sp³-hybridized carbons (Fsp3) is 0.267. The number of anilines is 1. The highest BCUT2D eigenvalue weighted by Crippen LogP contribution is 2.19. The first kappa shape index (κ1) is 20.3. The van der Waals surface area contributed by atoms with Crippen molar-refractivity contribution in [1.82, 2.24) is 5.43 Å². The molecule has 9 nitrogen and oxygen atoms in total. The van der Waals surface area contributed by atoms with Crippen molar-refractivity contribution in [3.8, 4) is 0 Å². The zero-order chi connectivity index (χ0) is 19.0. The Labute approximate surface area is 152 Å². The molecular formula is C15H17BrN4O5. The van der Waals surface area contributed by atoms with Gasteiger partial charge in [-0.2, -0.15) is 5.10 Å². The average molecular weight is 413 g/mol. The summed E-state index contributed by atoms with van der Waals surface area (Å²) in [6.07, 6.45) is 0. The Bertz CT molecular complexity index is 745. The highest BCUT2D eigenvalue weighted by molar-refractivity contribution is 9.10. The second-order valence-corrected chi connectivity index (χ2v) is 5.64. The largest absolute Gasteiger partial charge is 0.461 e. The maximum absolute atomic E-state index is 11.9. The minimum atomic E-state index is -1.05. The van der Waals surface area contributed by atoms with E-state index in [9.17, 15) is 14.4 Å². The van der Waals surface area contributed by atoms with Crippen LogP contribution in [-0.2, 0) is 19.1 Å². The number of rotatable bonds is 5. The molecule has 0 fully saturated rings. The second-order valence-electron chi connectivity index (χ2n) is 4.72. The lowest BCUT2D eigenvalue weighted by Crippen LogP contribution is -2.34. The minimum absolute atomic E-state index is 0.0758. The third kappa shape index (κ3) is 5.99. The van der Waals surface area contributed by atoms with Crippen LogP contribution < -0.4 is 10.7 Å². The predicted octanol–water partition coefficient (Wildman–Crippen LogP) is 1.58. The molecule has 0 heterocycles. The van der Waals surface area contributed by atoms with Gasteiger partial charge in [-0.05, 0) is 44.5 Å². The number of nitrogens with one attached hydrogen (secondary N) is 2. The summed E-state index contributed by atoms with van der Waals surface area (Å²) in [5.41, 5.74) is 2.59. The maximum Gasteiger partial charge on any atom is 0.362 e. The Hall–Kier alpha value is -2.75. The monoisotopic (exact) mass is 412 g/mol. The molecule has 0 radical (unpaired) electrons. The van der Waals surface area contributed by atoms with Crippen LogP contribution in [0.15, 0.2) is 32.9 Å². The lowest BCUT2D eigenvalue weighted by atomic mass is 10.2. The van der Waals surface area contributed by atoms with Crippen molar-refractivity contribution in [3.05, 3.63) is 28.2 Å². The first-order valence-electron chi connectivity index (χ1n) is 7.11. The number of carbonyl (C=O) groups is 3. The molecule has 0 aliphatic rings. The van der Waals surface area contributed by atoms with Crippen molar-refractivity contribution >= 4 is 50.8 Å². The van der Waals surface area contributed by atoms with Crippen LogP contribution in [0.2, 0.25) is 0 Å². The van der Waals surface area contributed by atoms with E-state index >= 15 is 0 Å². The maximum atomic E-state index is 11.9. The number of hydrogen-bond donors (Lipinski definition) is 3. The van der Waals surface area contributed by atoms with E-state index in [0.717, 1.165) is 10.0 Å². The second kappa shape index (κ2) is 9.52.